The van der Waals surface area contributed by atoms with Gasteiger partial charge in [0.2, 0.25) is 0 Å². The first-order valence-electron chi connectivity index (χ1n) is 11.0. The van der Waals surface area contributed by atoms with E-state index < -0.39 is 0 Å². The summed E-state index contributed by atoms with van der Waals surface area (Å²) in [5.41, 5.74) is 1.19. The third-order valence-electron chi connectivity index (χ3n) is 6.06. The fraction of sp³-hybridized carbons (Fsp3) is 0.591. The molecular weight excluding hydrogens is 394 g/mol. The second-order valence-electron chi connectivity index (χ2n) is 8.05. The maximum Gasteiger partial charge on any atom is 0.194 e. The highest BCUT2D eigenvalue weighted by Crippen LogP contribution is 2.22. The van der Waals surface area contributed by atoms with Crippen LogP contribution in [0.2, 0.25) is 0 Å². The van der Waals surface area contributed by atoms with Gasteiger partial charge in [0.25, 0.3) is 0 Å². The van der Waals surface area contributed by atoms with E-state index in [4.69, 9.17) is 14.5 Å². The molecule has 9 heteroatoms. The van der Waals surface area contributed by atoms with Crippen LogP contribution < -0.4 is 15.0 Å². The quantitative estimate of drug-likeness (QED) is 0.554. The van der Waals surface area contributed by atoms with Crippen molar-refractivity contribution >= 4 is 11.6 Å². The minimum Gasteiger partial charge on any atom is -0.497 e. The molecule has 4 rings (SSSR count). The standard InChI is InChI=1S/C22H33N7O2/c1-17-25-26-21(27(17)2)16-24-22(23-15-20-8-5-13-31-20)29-11-9-28(10-12-29)18-6-4-7-19(14-18)30-3/h4,6-7,14,20H,5,8-13,15-16H2,1-3H3,(H,23,24). The Bertz CT molecular complexity index is 884. The first-order valence-corrected chi connectivity index (χ1v) is 11.0. The van der Waals surface area contributed by atoms with E-state index in [9.17, 15) is 0 Å². The number of aromatic nitrogens is 3. The third-order valence-corrected chi connectivity index (χ3v) is 6.06. The summed E-state index contributed by atoms with van der Waals surface area (Å²) in [5.74, 6) is 3.57. The van der Waals surface area contributed by atoms with Crippen LogP contribution in [0.1, 0.15) is 24.5 Å². The zero-order valence-electron chi connectivity index (χ0n) is 18.8. The number of hydrogen-bond acceptors (Lipinski definition) is 6. The van der Waals surface area contributed by atoms with Crippen LogP contribution in [-0.4, -0.2) is 78.2 Å². The van der Waals surface area contributed by atoms with Crippen LogP contribution in [0.4, 0.5) is 5.69 Å². The monoisotopic (exact) mass is 427 g/mol. The topological polar surface area (TPSA) is 80.0 Å². The number of nitrogens with one attached hydrogen (secondary N) is 1. The van der Waals surface area contributed by atoms with Crippen LogP contribution in [0.3, 0.4) is 0 Å². The Kier molecular flexibility index (Phi) is 6.91. The van der Waals surface area contributed by atoms with Gasteiger partial charge in [0, 0.05) is 58.1 Å². The van der Waals surface area contributed by atoms with Gasteiger partial charge < -0.3 is 29.2 Å². The Labute approximate surface area is 184 Å². The molecule has 1 aromatic heterocycles. The lowest BCUT2D eigenvalue weighted by atomic mass is 10.2. The van der Waals surface area contributed by atoms with E-state index in [1.54, 1.807) is 7.11 Å². The number of benzene rings is 1. The lowest BCUT2D eigenvalue weighted by Gasteiger charge is -2.38. The van der Waals surface area contributed by atoms with Gasteiger partial charge in [0.05, 0.1) is 13.2 Å². The van der Waals surface area contributed by atoms with Crippen LogP contribution in [0.25, 0.3) is 0 Å². The van der Waals surface area contributed by atoms with E-state index in [1.165, 1.54) is 5.69 Å². The molecule has 0 bridgehead atoms. The molecule has 1 aromatic carbocycles. The Morgan fingerprint density at radius 2 is 2.10 bits per heavy atom. The van der Waals surface area contributed by atoms with Crippen LogP contribution in [0, 0.1) is 6.92 Å². The number of rotatable bonds is 6. The molecule has 168 valence electrons. The van der Waals surface area contributed by atoms with E-state index in [-0.39, 0.29) is 6.10 Å². The van der Waals surface area contributed by atoms with Crippen molar-refractivity contribution in [2.75, 3.05) is 51.3 Å². The summed E-state index contributed by atoms with van der Waals surface area (Å²) < 4.78 is 13.2. The first kappa shape index (κ1) is 21.4. The molecule has 1 atom stereocenters. The Morgan fingerprint density at radius 3 is 2.77 bits per heavy atom. The van der Waals surface area contributed by atoms with Gasteiger partial charge in [-0.25, -0.2) is 4.99 Å². The fourth-order valence-electron chi connectivity index (χ4n) is 4.00. The van der Waals surface area contributed by atoms with Crippen molar-refractivity contribution in [3.8, 4) is 5.75 Å². The summed E-state index contributed by atoms with van der Waals surface area (Å²) in [6.07, 6.45) is 2.50. The number of aliphatic imine (C=N–C) groups is 1. The van der Waals surface area contributed by atoms with Gasteiger partial charge in [-0.3, -0.25) is 0 Å². The fourth-order valence-corrected chi connectivity index (χ4v) is 4.00. The molecule has 2 fully saturated rings. The zero-order valence-corrected chi connectivity index (χ0v) is 18.8. The Balaban J connectivity index is 1.42. The minimum atomic E-state index is 0.264. The predicted octanol–water partition coefficient (Wildman–Crippen LogP) is 1.58. The smallest absolute Gasteiger partial charge is 0.194 e. The van der Waals surface area contributed by atoms with Gasteiger partial charge in [-0.05, 0) is 31.9 Å². The van der Waals surface area contributed by atoms with Crippen LogP contribution >= 0.6 is 0 Å². The lowest BCUT2D eigenvalue weighted by Crippen LogP contribution is -2.53. The van der Waals surface area contributed by atoms with Crippen LogP contribution in [-0.2, 0) is 18.3 Å². The molecule has 2 aliphatic rings. The molecule has 1 unspecified atom stereocenters. The minimum absolute atomic E-state index is 0.264. The molecule has 3 heterocycles. The van der Waals surface area contributed by atoms with Crippen molar-refractivity contribution in [3.05, 3.63) is 35.9 Å². The summed E-state index contributed by atoms with van der Waals surface area (Å²) in [5, 5.41) is 12.0. The van der Waals surface area contributed by atoms with Crippen molar-refractivity contribution in [1.82, 2.24) is 25.0 Å². The summed E-state index contributed by atoms with van der Waals surface area (Å²) in [4.78, 5) is 9.61. The van der Waals surface area contributed by atoms with Gasteiger partial charge >= 0.3 is 0 Å². The average Bonchev–Trinajstić information content (AvgIpc) is 3.44. The summed E-state index contributed by atoms with van der Waals surface area (Å²) in [7, 11) is 3.69. The number of ether oxygens (including phenoxy) is 2. The SMILES string of the molecule is COc1cccc(N2CCN(C(=NCc3nnc(C)n3C)NCC3CCCO3)CC2)c1. The maximum absolute atomic E-state index is 5.79. The molecule has 0 aliphatic carbocycles. The predicted molar refractivity (Wildman–Crippen MR) is 121 cm³/mol. The summed E-state index contributed by atoms with van der Waals surface area (Å²) >= 11 is 0. The highest BCUT2D eigenvalue weighted by molar-refractivity contribution is 5.80. The summed E-state index contributed by atoms with van der Waals surface area (Å²) in [6, 6.07) is 8.25. The number of guanidine groups is 1. The largest absolute Gasteiger partial charge is 0.497 e. The van der Waals surface area contributed by atoms with Gasteiger partial charge in [0.1, 0.15) is 18.1 Å². The normalized spacial score (nSPS) is 19.7. The van der Waals surface area contributed by atoms with Crippen molar-refractivity contribution in [1.29, 1.82) is 0 Å². The molecular formula is C22H33N7O2. The number of piperazine rings is 1. The van der Waals surface area contributed by atoms with Crippen LogP contribution in [0.5, 0.6) is 5.75 Å². The molecule has 1 N–H and O–H groups in total. The highest BCUT2D eigenvalue weighted by Gasteiger charge is 2.22. The van der Waals surface area contributed by atoms with Crippen molar-refractivity contribution in [2.24, 2.45) is 12.0 Å². The van der Waals surface area contributed by atoms with E-state index >= 15 is 0 Å². The molecule has 2 saturated heterocycles. The molecule has 31 heavy (non-hydrogen) atoms. The van der Waals surface area contributed by atoms with Crippen LogP contribution in [0.15, 0.2) is 29.3 Å². The Morgan fingerprint density at radius 1 is 1.26 bits per heavy atom. The third kappa shape index (κ3) is 5.28. The molecule has 0 spiro atoms. The van der Waals surface area contributed by atoms with E-state index in [0.29, 0.717) is 6.54 Å². The van der Waals surface area contributed by atoms with Crippen molar-refractivity contribution in [3.63, 3.8) is 0 Å². The molecule has 2 aliphatic heterocycles. The molecule has 0 amide bonds. The van der Waals surface area contributed by atoms with Gasteiger partial charge in [0.15, 0.2) is 11.8 Å². The number of aryl methyl sites for hydroxylation is 1. The second kappa shape index (κ2) is 10.00. The highest BCUT2D eigenvalue weighted by atomic mass is 16.5. The first-order chi connectivity index (χ1) is 15.1. The van der Waals surface area contributed by atoms with E-state index in [1.807, 2.05) is 30.7 Å². The van der Waals surface area contributed by atoms with Gasteiger partial charge in [-0.1, -0.05) is 6.07 Å². The molecule has 0 saturated carbocycles. The number of hydrogen-bond donors (Lipinski definition) is 1. The summed E-state index contributed by atoms with van der Waals surface area (Å²) in [6.45, 7) is 7.74. The average molecular weight is 428 g/mol. The molecule has 9 nitrogen and oxygen atoms in total. The van der Waals surface area contributed by atoms with E-state index in [0.717, 1.165) is 75.5 Å². The van der Waals surface area contributed by atoms with Crippen molar-refractivity contribution in [2.45, 2.75) is 32.4 Å². The second-order valence-corrected chi connectivity index (χ2v) is 8.05. The lowest BCUT2D eigenvalue weighted by molar-refractivity contribution is 0.113. The van der Waals surface area contributed by atoms with Gasteiger partial charge in [-0.15, -0.1) is 10.2 Å². The van der Waals surface area contributed by atoms with Crippen molar-refractivity contribution < 1.29 is 9.47 Å². The number of nitrogens with zero attached hydrogens (tertiary/aromatic N) is 6. The maximum atomic E-state index is 5.79. The number of methoxy groups -OCH3 is 1. The Hall–Kier alpha value is -2.81. The number of anilines is 1. The molecule has 0 radical (unpaired) electrons. The van der Waals surface area contributed by atoms with E-state index in [2.05, 4.69) is 37.4 Å². The molecule has 2 aromatic rings. The zero-order chi connectivity index (χ0) is 21.6. The van der Waals surface area contributed by atoms with Gasteiger partial charge in [-0.2, -0.15) is 0 Å².